The molecular weight excluding hydrogens is 333 g/mol. The minimum absolute atomic E-state index is 0.0454. The number of halogens is 2. The third-order valence-electron chi connectivity index (χ3n) is 3.32. The minimum atomic E-state index is -0.0454. The van der Waals surface area contributed by atoms with Crippen LogP contribution in [0.25, 0.3) is 11.3 Å². The maximum absolute atomic E-state index is 8.02. The van der Waals surface area contributed by atoms with Crippen LogP contribution in [0, 0.1) is 5.41 Å². The first-order valence-electron chi connectivity index (χ1n) is 6.84. The van der Waals surface area contributed by atoms with Crippen molar-refractivity contribution in [3.63, 3.8) is 0 Å². The predicted octanol–water partition coefficient (Wildman–Crippen LogP) is 3.36. The first-order chi connectivity index (χ1) is 11.1. The molecule has 0 amide bonds. The highest BCUT2D eigenvalue weighted by molar-refractivity contribution is 6.43. The molecule has 0 aliphatic heterocycles. The Kier molecular flexibility index (Phi) is 4.32. The van der Waals surface area contributed by atoms with Crippen LogP contribution in [0.1, 0.15) is 5.56 Å². The summed E-state index contributed by atoms with van der Waals surface area (Å²) in [6.45, 7) is 0.450. The topological polar surface area (TPSA) is 80.6 Å². The lowest BCUT2D eigenvalue weighted by Gasteiger charge is -2.12. The summed E-state index contributed by atoms with van der Waals surface area (Å²) in [6.07, 6.45) is 0. The number of nitrogen functional groups attached to an aromatic ring is 1. The lowest BCUT2D eigenvalue weighted by atomic mass is 10.1. The van der Waals surface area contributed by atoms with Crippen LogP contribution in [0.2, 0.25) is 10.0 Å². The molecule has 0 saturated carbocycles. The van der Waals surface area contributed by atoms with Gasteiger partial charge in [0.25, 0.3) is 0 Å². The van der Waals surface area contributed by atoms with E-state index < -0.39 is 0 Å². The summed E-state index contributed by atoms with van der Waals surface area (Å²) in [5.41, 5.74) is 7.77. The van der Waals surface area contributed by atoms with E-state index in [9.17, 15) is 0 Å². The Morgan fingerprint density at radius 3 is 2.52 bits per heavy atom. The summed E-state index contributed by atoms with van der Waals surface area (Å²) in [5, 5.41) is 13.2. The largest absolute Gasteiger partial charge is 0.368 e. The molecule has 0 spiro atoms. The number of hydrogen-bond donors (Lipinski definition) is 2. The second-order valence-electron chi connectivity index (χ2n) is 4.91. The van der Waals surface area contributed by atoms with Crippen LogP contribution in [0.5, 0.6) is 0 Å². The second-order valence-corrected chi connectivity index (χ2v) is 5.70. The van der Waals surface area contributed by atoms with Gasteiger partial charge in [-0.3, -0.25) is 5.41 Å². The van der Waals surface area contributed by atoms with E-state index in [4.69, 9.17) is 34.3 Å². The molecule has 1 aromatic heterocycles. The first kappa shape index (κ1) is 15.5. The van der Waals surface area contributed by atoms with Gasteiger partial charge in [0.15, 0.2) is 5.49 Å². The first-order valence-corrected chi connectivity index (χ1v) is 7.59. The van der Waals surface area contributed by atoms with E-state index in [-0.39, 0.29) is 11.4 Å². The monoisotopic (exact) mass is 345 g/mol. The Bertz CT molecular complexity index is 906. The van der Waals surface area contributed by atoms with Gasteiger partial charge >= 0.3 is 0 Å². The van der Waals surface area contributed by atoms with Gasteiger partial charge in [0.1, 0.15) is 5.69 Å². The molecule has 2 aromatic carbocycles. The van der Waals surface area contributed by atoms with Gasteiger partial charge in [0.2, 0.25) is 5.95 Å². The zero-order valence-corrected chi connectivity index (χ0v) is 13.5. The van der Waals surface area contributed by atoms with Crippen molar-refractivity contribution in [2.24, 2.45) is 0 Å². The summed E-state index contributed by atoms with van der Waals surface area (Å²) < 4.78 is 1.54. The molecule has 0 radical (unpaired) electrons. The van der Waals surface area contributed by atoms with Crippen molar-refractivity contribution in [3.05, 3.63) is 69.6 Å². The number of nitrogens with two attached hydrogens (primary N) is 1. The van der Waals surface area contributed by atoms with E-state index in [2.05, 4.69) is 10.1 Å². The average Bonchev–Trinajstić information content (AvgIpc) is 2.54. The number of anilines is 1. The lowest BCUT2D eigenvalue weighted by molar-refractivity contribution is 0.654. The van der Waals surface area contributed by atoms with Crippen molar-refractivity contribution in [2.45, 2.75) is 6.54 Å². The Hall–Kier alpha value is -2.37. The normalized spacial score (nSPS) is 10.7. The number of nitrogens with zero attached hydrogens (tertiary/aromatic N) is 3. The molecule has 0 atom stereocenters. The van der Waals surface area contributed by atoms with Gasteiger partial charge in [-0.15, -0.1) is 0 Å². The van der Waals surface area contributed by atoms with Crippen molar-refractivity contribution < 1.29 is 0 Å². The molecule has 0 fully saturated rings. The fourth-order valence-corrected chi connectivity index (χ4v) is 2.58. The molecule has 0 aliphatic carbocycles. The fraction of sp³-hybridized carbons (Fsp3) is 0.0625. The zero-order chi connectivity index (χ0) is 16.4. The van der Waals surface area contributed by atoms with Gasteiger partial charge in [0.05, 0.1) is 16.6 Å². The summed E-state index contributed by atoms with van der Waals surface area (Å²) in [7, 11) is 0. The number of hydrogen-bond acceptors (Lipinski definition) is 4. The van der Waals surface area contributed by atoms with Gasteiger partial charge < -0.3 is 5.73 Å². The fourth-order valence-electron chi connectivity index (χ4n) is 2.19. The molecule has 0 bridgehead atoms. The molecule has 5 nitrogen and oxygen atoms in total. The van der Waals surface area contributed by atoms with Crippen LogP contribution in [-0.2, 0) is 6.54 Å². The summed E-state index contributed by atoms with van der Waals surface area (Å²) >= 11 is 12.3. The molecular formula is C16H13Cl2N5. The molecule has 23 heavy (non-hydrogen) atoms. The van der Waals surface area contributed by atoms with E-state index >= 15 is 0 Å². The molecule has 3 rings (SSSR count). The van der Waals surface area contributed by atoms with Crippen molar-refractivity contribution >= 4 is 29.2 Å². The molecule has 3 N–H and O–H groups in total. The Balaban J connectivity index is 2.10. The molecule has 7 heteroatoms. The Labute approximate surface area is 142 Å². The highest BCUT2D eigenvalue weighted by Crippen LogP contribution is 2.30. The van der Waals surface area contributed by atoms with Gasteiger partial charge in [-0.1, -0.05) is 65.7 Å². The molecule has 0 saturated heterocycles. The third kappa shape index (κ3) is 3.21. The van der Waals surface area contributed by atoms with Crippen molar-refractivity contribution in [3.8, 4) is 11.3 Å². The van der Waals surface area contributed by atoms with E-state index in [0.717, 1.165) is 5.56 Å². The summed E-state index contributed by atoms with van der Waals surface area (Å²) in [6, 6.07) is 14.9. The molecule has 1 heterocycles. The number of aromatic nitrogens is 3. The van der Waals surface area contributed by atoms with E-state index in [0.29, 0.717) is 27.8 Å². The molecule has 0 aliphatic rings. The van der Waals surface area contributed by atoms with Crippen molar-refractivity contribution in [2.75, 3.05) is 5.73 Å². The van der Waals surface area contributed by atoms with Crippen LogP contribution >= 0.6 is 23.2 Å². The lowest BCUT2D eigenvalue weighted by Crippen LogP contribution is -2.23. The molecule has 116 valence electrons. The van der Waals surface area contributed by atoms with Crippen LogP contribution in [0.15, 0.2) is 48.5 Å². The number of benzene rings is 2. The predicted molar refractivity (Wildman–Crippen MR) is 91.3 cm³/mol. The zero-order valence-electron chi connectivity index (χ0n) is 12.0. The SMILES string of the molecule is N=c1nc(N)n(Cc2ccccc2)nc1-c1cccc(Cl)c1Cl. The maximum atomic E-state index is 8.02. The average molecular weight is 346 g/mol. The molecule has 3 aromatic rings. The standard InChI is InChI=1S/C16H13Cl2N5/c17-12-8-4-7-11(13(12)18)14-15(19)21-16(20)23(22-14)9-10-5-2-1-3-6-10/h1-8H,9H2,(H3,19,20,21). The second kappa shape index (κ2) is 6.40. The number of nitrogens with one attached hydrogen (secondary N) is 1. The van der Waals surface area contributed by atoms with E-state index in [1.807, 2.05) is 30.3 Å². The summed E-state index contributed by atoms with van der Waals surface area (Å²) in [4.78, 5) is 4.06. The van der Waals surface area contributed by atoms with Crippen LogP contribution in [0.3, 0.4) is 0 Å². The van der Waals surface area contributed by atoms with Gasteiger partial charge in [-0.2, -0.15) is 10.1 Å². The minimum Gasteiger partial charge on any atom is -0.368 e. The Morgan fingerprint density at radius 1 is 1.04 bits per heavy atom. The van der Waals surface area contributed by atoms with Crippen molar-refractivity contribution in [1.29, 1.82) is 5.41 Å². The highest BCUT2D eigenvalue weighted by Gasteiger charge is 2.13. The molecule has 0 unspecified atom stereocenters. The smallest absolute Gasteiger partial charge is 0.219 e. The van der Waals surface area contributed by atoms with Crippen molar-refractivity contribution in [1.82, 2.24) is 14.8 Å². The Morgan fingerprint density at radius 2 is 1.78 bits per heavy atom. The quantitative estimate of drug-likeness (QED) is 0.763. The van der Waals surface area contributed by atoms with Crippen LogP contribution in [-0.4, -0.2) is 14.8 Å². The van der Waals surface area contributed by atoms with Crippen LogP contribution in [0.4, 0.5) is 5.95 Å². The van der Waals surface area contributed by atoms with Gasteiger partial charge in [-0.05, 0) is 11.6 Å². The highest BCUT2D eigenvalue weighted by atomic mass is 35.5. The third-order valence-corrected chi connectivity index (χ3v) is 4.14. The van der Waals surface area contributed by atoms with Gasteiger partial charge in [0, 0.05) is 5.56 Å². The van der Waals surface area contributed by atoms with Crippen LogP contribution < -0.4 is 11.2 Å². The van der Waals surface area contributed by atoms with Gasteiger partial charge in [-0.25, -0.2) is 4.68 Å². The van der Waals surface area contributed by atoms with E-state index in [1.54, 1.807) is 22.9 Å². The maximum Gasteiger partial charge on any atom is 0.219 e. The number of rotatable bonds is 3. The summed E-state index contributed by atoms with van der Waals surface area (Å²) in [5.74, 6) is 0.167. The van der Waals surface area contributed by atoms with E-state index in [1.165, 1.54) is 0 Å².